The van der Waals surface area contributed by atoms with E-state index in [9.17, 15) is 10.1 Å². The molecule has 2 aromatic rings. The highest BCUT2D eigenvalue weighted by atomic mass is 16.1. The lowest BCUT2D eigenvalue weighted by Crippen LogP contribution is -2.14. The van der Waals surface area contributed by atoms with Crippen LogP contribution in [0.3, 0.4) is 0 Å². The maximum Gasteiger partial charge on any atom is 0.266 e. The highest BCUT2D eigenvalue weighted by Crippen LogP contribution is 2.17. The van der Waals surface area contributed by atoms with Gasteiger partial charge in [0.15, 0.2) is 0 Å². The number of nitriles is 1. The quantitative estimate of drug-likeness (QED) is 0.693. The van der Waals surface area contributed by atoms with Gasteiger partial charge in [0.05, 0.1) is 0 Å². The van der Waals surface area contributed by atoms with Crippen LogP contribution in [-0.4, -0.2) is 10.5 Å². The van der Waals surface area contributed by atoms with Gasteiger partial charge in [0.25, 0.3) is 5.91 Å². The van der Waals surface area contributed by atoms with Crippen molar-refractivity contribution in [3.05, 3.63) is 58.9 Å². The fraction of sp³-hybridized carbons (Fsp3) is 0.176. The summed E-state index contributed by atoms with van der Waals surface area (Å²) in [6.07, 6.45) is 3.45. The van der Waals surface area contributed by atoms with Gasteiger partial charge in [-0.1, -0.05) is 12.1 Å². The Morgan fingerprint density at radius 1 is 1.33 bits per heavy atom. The first-order chi connectivity index (χ1) is 10.0. The molecule has 0 fully saturated rings. The van der Waals surface area contributed by atoms with Crippen LogP contribution in [0.2, 0.25) is 0 Å². The maximum atomic E-state index is 12.2. The lowest BCUT2D eigenvalue weighted by atomic mass is 10.1. The van der Waals surface area contributed by atoms with E-state index in [0.717, 1.165) is 22.5 Å². The number of nitrogens with one attached hydrogen (secondary N) is 1. The Morgan fingerprint density at radius 3 is 2.71 bits per heavy atom. The topological polar surface area (TPSA) is 57.8 Å². The molecule has 21 heavy (non-hydrogen) atoms. The molecule has 106 valence electrons. The molecular weight excluding hydrogens is 262 g/mol. The van der Waals surface area contributed by atoms with Crippen LogP contribution in [0.1, 0.15) is 16.8 Å². The van der Waals surface area contributed by atoms with E-state index in [1.54, 1.807) is 6.08 Å². The number of carbonyl (C=O) groups is 1. The normalized spacial score (nSPS) is 11.0. The Morgan fingerprint density at radius 2 is 2.10 bits per heavy atom. The van der Waals surface area contributed by atoms with Crippen molar-refractivity contribution in [3.8, 4) is 6.07 Å². The smallest absolute Gasteiger partial charge is 0.266 e. The molecule has 0 saturated carbocycles. The van der Waals surface area contributed by atoms with Crippen molar-refractivity contribution in [1.82, 2.24) is 4.57 Å². The monoisotopic (exact) mass is 279 g/mol. The Kier molecular flexibility index (Phi) is 4.24. The van der Waals surface area contributed by atoms with E-state index in [0.29, 0.717) is 0 Å². The Labute approximate surface area is 124 Å². The fourth-order valence-electron chi connectivity index (χ4n) is 1.98. The summed E-state index contributed by atoms with van der Waals surface area (Å²) in [5, 5.41) is 12.0. The largest absolute Gasteiger partial charge is 0.351 e. The molecule has 0 aliphatic heterocycles. The number of carbonyl (C=O) groups excluding carboxylic acids is 1. The summed E-state index contributed by atoms with van der Waals surface area (Å²) in [5.74, 6) is -0.396. The van der Waals surface area contributed by atoms with Gasteiger partial charge in [-0.2, -0.15) is 5.26 Å². The van der Waals surface area contributed by atoms with Gasteiger partial charge in [-0.15, -0.1) is 0 Å². The summed E-state index contributed by atoms with van der Waals surface area (Å²) >= 11 is 0. The van der Waals surface area contributed by atoms with Crippen LogP contribution in [0.4, 0.5) is 5.69 Å². The molecule has 1 aromatic carbocycles. The second-order valence-electron chi connectivity index (χ2n) is 4.99. The van der Waals surface area contributed by atoms with Gasteiger partial charge in [-0.05, 0) is 49.2 Å². The molecule has 0 bridgehead atoms. The molecule has 1 amide bonds. The van der Waals surface area contributed by atoms with E-state index >= 15 is 0 Å². The van der Waals surface area contributed by atoms with Gasteiger partial charge < -0.3 is 9.88 Å². The molecule has 1 N–H and O–H groups in total. The van der Waals surface area contributed by atoms with E-state index in [4.69, 9.17) is 0 Å². The van der Waals surface area contributed by atoms with Crippen molar-refractivity contribution in [2.24, 2.45) is 7.05 Å². The van der Waals surface area contributed by atoms with Crippen molar-refractivity contribution in [1.29, 1.82) is 5.26 Å². The van der Waals surface area contributed by atoms with E-state index in [2.05, 4.69) is 5.32 Å². The second-order valence-corrected chi connectivity index (χ2v) is 4.99. The summed E-state index contributed by atoms with van der Waals surface area (Å²) in [4.78, 5) is 12.2. The van der Waals surface area contributed by atoms with Crippen LogP contribution in [0.15, 0.2) is 42.1 Å². The van der Waals surface area contributed by atoms with Crippen molar-refractivity contribution in [2.45, 2.75) is 13.8 Å². The molecule has 0 aliphatic carbocycles. The number of hydrogen-bond acceptors (Lipinski definition) is 2. The number of anilines is 1. The van der Waals surface area contributed by atoms with Gasteiger partial charge in [-0.25, -0.2) is 0 Å². The summed E-state index contributed by atoms with van der Waals surface area (Å²) in [6.45, 7) is 3.88. The zero-order chi connectivity index (χ0) is 15.4. The first-order valence-corrected chi connectivity index (χ1v) is 6.63. The van der Waals surface area contributed by atoms with Crippen LogP contribution < -0.4 is 5.32 Å². The van der Waals surface area contributed by atoms with Crippen LogP contribution >= 0.6 is 0 Å². The zero-order valence-corrected chi connectivity index (χ0v) is 12.3. The molecule has 0 spiro atoms. The van der Waals surface area contributed by atoms with Crippen molar-refractivity contribution < 1.29 is 4.79 Å². The predicted molar refractivity (Wildman–Crippen MR) is 83.5 cm³/mol. The number of amides is 1. The zero-order valence-electron chi connectivity index (χ0n) is 12.3. The molecule has 0 aliphatic rings. The molecule has 0 radical (unpaired) electrons. The van der Waals surface area contributed by atoms with E-state index in [1.165, 1.54) is 0 Å². The van der Waals surface area contributed by atoms with E-state index in [-0.39, 0.29) is 5.57 Å². The minimum atomic E-state index is -0.396. The van der Waals surface area contributed by atoms with Gasteiger partial charge in [0.1, 0.15) is 11.6 Å². The van der Waals surface area contributed by atoms with E-state index in [1.807, 2.05) is 68.1 Å². The molecule has 0 atom stereocenters. The molecule has 0 saturated heterocycles. The first-order valence-electron chi connectivity index (χ1n) is 6.63. The van der Waals surface area contributed by atoms with Gasteiger partial charge in [0, 0.05) is 24.6 Å². The molecule has 1 aromatic heterocycles. The standard InChI is InChI=1S/C17H17N3O/c1-12-6-7-13(2)16(9-12)19-17(21)14(11-18)10-15-5-4-8-20(15)3/h4-10H,1-3H3,(H,19,21). The minimum Gasteiger partial charge on any atom is -0.351 e. The number of nitrogens with zero attached hydrogens (tertiary/aromatic N) is 2. The predicted octanol–water partition coefficient (Wildman–Crippen LogP) is 3.19. The van der Waals surface area contributed by atoms with E-state index < -0.39 is 5.91 Å². The number of benzene rings is 1. The Bertz CT molecular complexity index is 748. The summed E-state index contributed by atoms with van der Waals surface area (Å²) in [7, 11) is 1.86. The number of hydrogen-bond donors (Lipinski definition) is 1. The van der Waals surface area contributed by atoms with Crippen molar-refractivity contribution >= 4 is 17.7 Å². The van der Waals surface area contributed by atoms with Crippen LogP contribution in [-0.2, 0) is 11.8 Å². The highest BCUT2D eigenvalue weighted by Gasteiger charge is 2.11. The summed E-state index contributed by atoms with van der Waals surface area (Å²) in [6, 6.07) is 11.5. The van der Waals surface area contributed by atoms with Gasteiger partial charge in [-0.3, -0.25) is 4.79 Å². The van der Waals surface area contributed by atoms with Crippen LogP contribution in [0, 0.1) is 25.2 Å². The third-order valence-corrected chi connectivity index (χ3v) is 3.28. The molecule has 4 nitrogen and oxygen atoms in total. The Hall–Kier alpha value is -2.80. The summed E-state index contributed by atoms with van der Waals surface area (Å²) in [5.41, 5.74) is 3.64. The minimum absolute atomic E-state index is 0.0812. The van der Waals surface area contributed by atoms with Crippen molar-refractivity contribution in [2.75, 3.05) is 5.32 Å². The lowest BCUT2D eigenvalue weighted by molar-refractivity contribution is -0.112. The third kappa shape index (κ3) is 3.40. The van der Waals surface area contributed by atoms with Crippen molar-refractivity contribution in [3.63, 3.8) is 0 Å². The van der Waals surface area contributed by atoms with Gasteiger partial charge >= 0.3 is 0 Å². The second kappa shape index (κ2) is 6.10. The SMILES string of the molecule is Cc1ccc(C)c(NC(=O)C(C#N)=Cc2cccn2C)c1. The average molecular weight is 279 g/mol. The van der Waals surface area contributed by atoms with Crippen LogP contribution in [0.25, 0.3) is 6.08 Å². The number of aromatic nitrogens is 1. The fourth-order valence-corrected chi connectivity index (χ4v) is 1.98. The summed E-state index contributed by atoms with van der Waals surface area (Å²) < 4.78 is 1.85. The van der Waals surface area contributed by atoms with Crippen LogP contribution in [0.5, 0.6) is 0 Å². The molecule has 0 unspecified atom stereocenters. The average Bonchev–Trinajstić information content (AvgIpc) is 2.85. The lowest BCUT2D eigenvalue weighted by Gasteiger charge is -2.09. The number of rotatable bonds is 3. The molecule has 4 heteroatoms. The number of aryl methyl sites for hydroxylation is 3. The molecule has 2 rings (SSSR count). The first kappa shape index (κ1) is 14.6. The van der Waals surface area contributed by atoms with Gasteiger partial charge in [0.2, 0.25) is 0 Å². The molecule has 1 heterocycles. The highest BCUT2D eigenvalue weighted by molar-refractivity contribution is 6.09. The molecular formula is C17H17N3O. The third-order valence-electron chi connectivity index (χ3n) is 3.28. The maximum absolute atomic E-state index is 12.2. The Balaban J connectivity index is 2.26.